The van der Waals surface area contributed by atoms with Gasteiger partial charge in [0.15, 0.2) is 11.5 Å². The van der Waals surface area contributed by atoms with Gasteiger partial charge < -0.3 is 14.8 Å². The van der Waals surface area contributed by atoms with Crippen molar-refractivity contribution in [1.29, 1.82) is 0 Å². The van der Waals surface area contributed by atoms with Gasteiger partial charge in [0.2, 0.25) is 0 Å². The predicted octanol–water partition coefficient (Wildman–Crippen LogP) is 5.54. The Morgan fingerprint density at radius 2 is 1.52 bits per heavy atom. The average molecular weight is 381 g/mol. The molecule has 27 heavy (non-hydrogen) atoms. The van der Waals surface area contributed by atoms with Crippen molar-refractivity contribution >= 4 is 11.6 Å². The van der Waals surface area contributed by atoms with Crippen molar-refractivity contribution in [3.63, 3.8) is 0 Å². The number of ether oxygens (including phenoxy) is 2. The molecule has 0 spiro atoms. The first kappa shape index (κ1) is 20.6. The Labute approximate surface area is 156 Å². The van der Waals surface area contributed by atoms with E-state index < -0.39 is 17.6 Å². The largest absolute Gasteiger partial charge is 0.490 e. The second-order valence-electron chi connectivity index (χ2n) is 5.89. The highest BCUT2D eigenvalue weighted by molar-refractivity contribution is 6.04. The fourth-order valence-electron chi connectivity index (χ4n) is 2.26. The minimum Gasteiger partial charge on any atom is -0.490 e. The summed E-state index contributed by atoms with van der Waals surface area (Å²) in [6, 6.07) is 9.05. The standard InChI is InChI=1S/C20H22F3NO3/c1-3-11-26-17-10-9-16(13-18(17)27-12-4-2)24-19(25)14-5-7-15(8-6-14)20(21,22)23/h5-10,13H,3-4,11-12H2,1-2H3,(H,24,25). The average Bonchev–Trinajstić information content (AvgIpc) is 2.65. The maximum atomic E-state index is 12.6. The summed E-state index contributed by atoms with van der Waals surface area (Å²) in [4.78, 5) is 12.3. The Balaban J connectivity index is 2.14. The van der Waals surface area contributed by atoms with Gasteiger partial charge in [-0.1, -0.05) is 13.8 Å². The van der Waals surface area contributed by atoms with Crippen LogP contribution in [0.1, 0.15) is 42.6 Å². The number of alkyl halides is 3. The normalized spacial score (nSPS) is 11.1. The lowest BCUT2D eigenvalue weighted by atomic mass is 10.1. The molecule has 146 valence electrons. The van der Waals surface area contributed by atoms with E-state index in [0.29, 0.717) is 30.4 Å². The highest BCUT2D eigenvalue weighted by atomic mass is 19.4. The number of amides is 1. The number of carbonyl (C=O) groups excluding carboxylic acids is 1. The van der Waals surface area contributed by atoms with E-state index in [4.69, 9.17) is 9.47 Å². The number of anilines is 1. The zero-order valence-corrected chi connectivity index (χ0v) is 15.2. The van der Waals surface area contributed by atoms with E-state index in [0.717, 1.165) is 37.1 Å². The molecule has 0 heterocycles. The van der Waals surface area contributed by atoms with Crippen molar-refractivity contribution in [2.24, 2.45) is 0 Å². The third kappa shape index (κ3) is 5.91. The number of halogens is 3. The van der Waals surface area contributed by atoms with E-state index in [1.165, 1.54) is 0 Å². The summed E-state index contributed by atoms with van der Waals surface area (Å²) in [5.74, 6) is 0.584. The number of hydrogen-bond donors (Lipinski definition) is 1. The van der Waals surface area contributed by atoms with Gasteiger partial charge in [0.25, 0.3) is 5.91 Å². The van der Waals surface area contributed by atoms with E-state index in [1.807, 2.05) is 13.8 Å². The molecule has 2 rings (SSSR count). The summed E-state index contributed by atoms with van der Waals surface area (Å²) in [6.07, 6.45) is -2.77. The van der Waals surface area contributed by atoms with Crippen molar-refractivity contribution in [1.82, 2.24) is 0 Å². The van der Waals surface area contributed by atoms with Crippen LogP contribution in [0.15, 0.2) is 42.5 Å². The van der Waals surface area contributed by atoms with Gasteiger partial charge in [0, 0.05) is 17.3 Å². The molecule has 0 saturated heterocycles. The van der Waals surface area contributed by atoms with Crippen LogP contribution in [0, 0.1) is 0 Å². The third-order valence-corrected chi connectivity index (χ3v) is 3.60. The van der Waals surface area contributed by atoms with E-state index in [-0.39, 0.29) is 5.56 Å². The van der Waals surface area contributed by atoms with Gasteiger partial charge in [-0.2, -0.15) is 13.2 Å². The highest BCUT2D eigenvalue weighted by Gasteiger charge is 2.30. The van der Waals surface area contributed by atoms with Gasteiger partial charge in [-0.25, -0.2) is 0 Å². The highest BCUT2D eigenvalue weighted by Crippen LogP contribution is 2.32. The second-order valence-corrected chi connectivity index (χ2v) is 5.89. The SMILES string of the molecule is CCCOc1ccc(NC(=O)c2ccc(C(F)(F)F)cc2)cc1OCCC. The van der Waals surface area contributed by atoms with Gasteiger partial charge in [-0.05, 0) is 49.2 Å². The van der Waals surface area contributed by atoms with E-state index in [1.54, 1.807) is 18.2 Å². The summed E-state index contributed by atoms with van der Waals surface area (Å²) in [6.45, 7) is 5.01. The number of benzene rings is 2. The lowest BCUT2D eigenvalue weighted by Crippen LogP contribution is -2.13. The second kappa shape index (κ2) is 9.30. The summed E-state index contributed by atoms with van der Waals surface area (Å²) in [5, 5.41) is 2.66. The number of hydrogen-bond acceptors (Lipinski definition) is 3. The van der Waals surface area contributed by atoms with E-state index in [2.05, 4.69) is 5.32 Å². The lowest BCUT2D eigenvalue weighted by molar-refractivity contribution is -0.137. The number of rotatable bonds is 8. The first-order valence-electron chi connectivity index (χ1n) is 8.73. The Morgan fingerprint density at radius 3 is 2.07 bits per heavy atom. The van der Waals surface area contributed by atoms with Crippen molar-refractivity contribution in [3.8, 4) is 11.5 Å². The molecular formula is C20H22F3NO3. The van der Waals surface area contributed by atoms with Gasteiger partial charge in [-0.3, -0.25) is 4.79 Å². The Hall–Kier alpha value is -2.70. The Morgan fingerprint density at radius 1 is 0.926 bits per heavy atom. The minimum absolute atomic E-state index is 0.130. The van der Waals surface area contributed by atoms with E-state index >= 15 is 0 Å². The van der Waals surface area contributed by atoms with Crippen molar-refractivity contribution in [2.45, 2.75) is 32.9 Å². The van der Waals surface area contributed by atoms with Crippen LogP contribution in [0.5, 0.6) is 11.5 Å². The monoisotopic (exact) mass is 381 g/mol. The quantitative estimate of drug-likeness (QED) is 0.653. The first-order chi connectivity index (χ1) is 12.8. The molecule has 0 radical (unpaired) electrons. The fourth-order valence-corrected chi connectivity index (χ4v) is 2.26. The van der Waals surface area contributed by atoms with Crippen molar-refractivity contribution in [2.75, 3.05) is 18.5 Å². The zero-order valence-electron chi connectivity index (χ0n) is 15.2. The summed E-state index contributed by atoms with van der Waals surface area (Å²) in [7, 11) is 0. The summed E-state index contributed by atoms with van der Waals surface area (Å²) < 4.78 is 49.1. The van der Waals surface area contributed by atoms with Crippen molar-refractivity contribution < 1.29 is 27.4 Å². The number of nitrogens with one attached hydrogen (secondary N) is 1. The molecule has 1 N–H and O–H groups in total. The van der Waals surface area contributed by atoms with Gasteiger partial charge in [0.1, 0.15) is 0 Å². The molecule has 0 aromatic heterocycles. The van der Waals surface area contributed by atoms with Crippen LogP contribution in [0.2, 0.25) is 0 Å². The van der Waals surface area contributed by atoms with Gasteiger partial charge in [-0.15, -0.1) is 0 Å². The van der Waals surface area contributed by atoms with Crippen LogP contribution in [-0.2, 0) is 6.18 Å². The van der Waals surface area contributed by atoms with Gasteiger partial charge in [0.05, 0.1) is 18.8 Å². The smallest absolute Gasteiger partial charge is 0.416 e. The molecule has 0 fully saturated rings. The van der Waals surface area contributed by atoms with Crippen LogP contribution < -0.4 is 14.8 Å². The van der Waals surface area contributed by atoms with Crippen LogP contribution in [0.3, 0.4) is 0 Å². The van der Waals surface area contributed by atoms with Gasteiger partial charge >= 0.3 is 6.18 Å². The summed E-state index contributed by atoms with van der Waals surface area (Å²) >= 11 is 0. The predicted molar refractivity (Wildman–Crippen MR) is 97.4 cm³/mol. The van der Waals surface area contributed by atoms with Crippen molar-refractivity contribution in [3.05, 3.63) is 53.6 Å². The minimum atomic E-state index is -4.44. The molecule has 4 nitrogen and oxygen atoms in total. The van der Waals surface area contributed by atoms with Crippen LogP contribution in [0.25, 0.3) is 0 Å². The molecule has 1 amide bonds. The van der Waals surface area contributed by atoms with Crippen LogP contribution in [-0.4, -0.2) is 19.1 Å². The maximum Gasteiger partial charge on any atom is 0.416 e. The van der Waals surface area contributed by atoms with E-state index in [9.17, 15) is 18.0 Å². The first-order valence-corrected chi connectivity index (χ1v) is 8.73. The third-order valence-electron chi connectivity index (χ3n) is 3.60. The Kier molecular flexibility index (Phi) is 7.10. The summed E-state index contributed by atoms with van der Waals surface area (Å²) in [5.41, 5.74) is -0.202. The molecule has 0 atom stereocenters. The number of carbonyl (C=O) groups is 1. The molecule has 2 aromatic rings. The van der Waals surface area contributed by atoms with Crippen LogP contribution >= 0.6 is 0 Å². The molecule has 0 aliphatic carbocycles. The molecule has 0 bridgehead atoms. The molecule has 0 aliphatic heterocycles. The fraction of sp³-hybridized carbons (Fsp3) is 0.350. The lowest BCUT2D eigenvalue weighted by Gasteiger charge is -2.14. The maximum absolute atomic E-state index is 12.6. The topological polar surface area (TPSA) is 47.6 Å². The zero-order chi connectivity index (χ0) is 19.9. The molecule has 0 aliphatic rings. The Bertz CT molecular complexity index is 758. The molecule has 2 aromatic carbocycles. The van der Waals surface area contributed by atoms with Crippen LogP contribution in [0.4, 0.5) is 18.9 Å². The molecule has 0 saturated carbocycles. The molecular weight excluding hydrogens is 359 g/mol. The molecule has 0 unspecified atom stereocenters. The molecule has 7 heteroatoms.